The number of hydrogen-bond donors (Lipinski definition) is 3. The number of nitrogens with one attached hydrogen (secondary N) is 3. The highest BCUT2D eigenvalue weighted by Crippen LogP contribution is 2.38. The van der Waals surface area contributed by atoms with Crippen molar-refractivity contribution in [3.05, 3.63) is 156 Å². The van der Waals surface area contributed by atoms with Crippen molar-refractivity contribution in [2.75, 3.05) is 17.7 Å². The topological polar surface area (TPSA) is 109 Å². The van der Waals surface area contributed by atoms with Crippen molar-refractivity contribution in [1.29, 1.82) is 0 Å². The van der Waals surface area contributed by atoms with Crippen molar-refractivity contribution in [3.63, 3.8) is 0 Å². The lowest BCUT2D eigenvalue weighted by molar-refractivity contribution is -0.116. The molecule has 6 rings (SSSR count). The fourth-order valence-corrected chi connectivity index (χ4v) is 6.74. The van der Waals surface area contributed by atoms with Gasteiger partial charge in [-0.3, -0.25) is 14.4 Å². The fraction of sp³-hybridized carbons (Fsp3) is 0.0526. The third-order valence-corrected chi connectivity index (χ3v) is 9.37. The van der Waals surface area contributed by atoms with Gasteiger partial charge in [-0.2, -0.15) is 0 Å². The first-order chi connectivity index (χ1) is 23.4. The van der Waals surface area contributed by atoms with Crippen LogP contribution in [0.4, 0.5) is 10.8 Å². The molecule has 6 aromatic rings. The smallest absolute Gasteiger partial charge is 0.272 e. The number of anilines is 2. The molecule has 3 N–H and O–H groups in total. The predicted octanol–water partition coefficient (Wildman–Crippen LogP) is 8.19. The van der Waals surface area contributed by atoms with E-state index in [2.05, 4.69) is 20.9 Å². The molecule has 0 fully saturated rings. The summed E-state index contributed by atoms with van der Waals surface area (Å²) in [6.07, 6.45) is 1.60. The van der Waals surface area contributed by atoms with E-state index in [1.54, 1.807) is 79.9 Å². The number of rotatable bonds is 11. The first kappa shape index (κ1) is 32.2. The largest absolute Gasteiger partial charge is 0.497 e. The molecular formula is C38H30N4O4S2. The molecule has 0 bridgehead atoms. The molecule has 0 aliphatic heterocycles. The number of hydrogen-bond acceptors (Lipinski definition) is 7. The van der Waals surface area contributed by atoms with Gasteiger partial charge in [-0.1, -0.05) is 90.2 Å². The summed E-state index contributed by atoms with van der Waals surface area (Å²) in [7, 11) is 1.58. The van der Waals surface area contributed by atoms with Crippen LogP contribution in [0.5, 0.6) is 5.75 Å². The molecule has 3 amide bonds. The number of amides is 3. The average Bonchev–Trinajstić information content (AvgIpc) is 3.54. The first-order valence-electron chi connectivity index (χ1n) is 15.0. The Morgan fingerprint density at radius 1 is 0.792 bits per heavy atom. The van der Waals surface area contributed by atoms with Gasteiger partial charge in [0.2, 0.25) is 5.91 Å². The van der Waals surface area contributed by atoms with Gasteiger partial charge < -0.3 is 20.7 Å². The summed E-state index contributed by atoms with van der Waals surface area (Å²) >= 11 is 2.78. The first-order valence-corrected chi connectivity index (χ1v) is 16.7. The van der Waals surface area contributed by atoms with Crippen molar-refractivity contribution in [3.8, 4) is 5.75 Å². The van der Waals surface area contributed by atoms with Crippen LogP contribution in [0.15, 0.2) is 144 Å². The van der Waals surface area contributed by atoms with Crippen LogP contribution in [-0.4, -0.2) is 29.8 Å². The van der Waals surface area contributed by atoms with Gasteiger partial charge in [-0.15, -0.1) is 11.8 Å². The summed E-state index contributed by atoms with van der Waals surface area (Å²) in [5.74, 6) is -0.471. The van der Waals surface area contributed by atoms with Gasteiger partial charge in [0.1, 0.15) is 16.7 Å². The Bertz CT molecular complexity index is 2050. The number of carbonyl (C=O) groups excluding carboxylic acids is 3. The van der Waals surface area contributed by atoms with Crippen LogP contribution in [0.3, 0.4) is 0 Å². The minimum absolute atomic E-state index is 0.0597. The van der Waals surface area contributed by atoms with Crippen LogP contribution in [-0.2, 0) is 9.59 Å². The standard InChI is InChI=1S/C38H30N4O4S2/c1-46-29-21-19-25(20-22-29)23-32(40-35(43)27-13-6-3-7-14-27)36(44)39-28-15-10-16-30(24-28)47-34(26-11-4-2-5-12-26)37(45)42-38-41-31-17-8-9-18-33(31)48-38/h2-24,34H,1H3,(H,39,44)(H,40,43)(H,41,42,45)/b32-23+. The van der Waals surface area contributed by atoms with Crippen LogP contribution in [0.25, 0.3) is 16.3 Å². The fourth-order valence-electron chi connectivity index (χ4n) is 4.79. The molecule has 1 unspecified atom stereocenters. The van der Waals surface area contributed by atoms with E-state index < -0.39 is 17.1 Å². The minimum Gasteiger partial charge on any atom is -0.497 e. The third kappa shape index (κ3) is 8.16. The molecule has 10 heteroatoms. The van der Waals surface area contributed by atoms with E-state index in [-0.39, 0.29) is 11.6 Å². The zero-order valence-corrected chi connectivity index (χ0v) is 27.4. The van der Waals surface area contributed by atoms with Crippen molar-refractivity contribution < 1.29 is 19.1 Å². The molecule has 0 aliphatic carbocycles. The van der Waals surface area contributed by atoms with Crippen molar-refractivity contribution in [2.24, 2.45) is 0 Å². The Morgan fingerprint density at radius 2 is 1.50 bits per heavy atom. The van der Waals surface area contributed by atoms with Gasteiger partial charge in [0.05, 0.1) is 17.3 Å². The lowest BCUT2D eigenvalue weighted by Gasteiger charge is -2.17. The number of fused-ring (bicyclic) bond motifs is 1. The summed E-state index contributed by atoms with van der Waals surface area (Å²) in [6, 6.07) is 40.3. The maximum Gasteiger partial charge on any atom is 0.272 e. The number of thiazole rings is 1. The van der Waals surface area contributed by atoms with Crippen LogP contribution in [0.2, 0.25) is 0 Å². The van der Waals surface area contributed by atoms with Crippen molar-refractivity contribution in [2.45, 2.75) is 10.1 Å². The summed E-state index contributed by atoms with van der Waals surface area (Å²) in [4.78, 5) is 45.7. The summed E-state index contributed by atoms with van der Waals surface area (Å²) < 4.78 is 6.23. The summed E-state index contributed by atoms with van der Waals surface area (Å²) in [5, 5.41) is 8.60. The molecule has 0 aliphatic rings. The minimum atomic E-state index is -0.597. The monoisotopic (exact) mass is 670 g/mol. The summed E-state index contributed by atoms with van der Waals surface area (Å²) in [6.45, 7) is 0. The average molecular weight is 671 g/mol. The van der Waals surface area contributed by atoms with Crippen molar-refractivity contribution >= 4 is 67.9 Å². The maximum atomic E-state index is 13.7. The van der Waals surface area contributed by atoms with Crippen LogP contribution >= 0.6 is 23.1 Å². The molecule has 8 nitrogen and oxygen atoms in total. The van der Waals surface area contributed by atoms with E-state index in [4.69, 9.17) is 4.74 Å². The number of para-hydroxylation sites is 1. The second kappa shape index (κ2) is 15.3. The normalized spacial score (nSPS) is 11.8. The Balaban J connectivity index is 1.22. The van der Waals surface area contributed by atoms with Gasteiger partial charge in [-0.25, -0.2) is 4.98 Å². The Hall–Kier alpha value is -5.71. The number of benzene rings is 5. The van der Waals surface area contributed by atoms with E-state index in [0.717, 1.165) is 20.7 Å². The Kier molecular flexibility index (Phi) is 10.2. The number of nitrogens with zero attached hydrogens (tertiary/aromatic N) is 1. The number of thioether (sulfide) groups is 1. The van der Waals surface area contributed by atoms with Crippen LogP contribution in [0, 0.1) is 0 Å². The Labute approximate surface area is 285 Å². The maximum absolute atomic E-state index is 13.7. The molecule has 5 aromatic carbocycles. The highest BCUT2D eigenvalue weighted by molar-refractivity contribution is 8.00. The number of aromatic nitrogens is 1. The second-order valence-corrected chi connectivity index (χ2v) is 12.7. The SMILES string of the molecule is COc1ccc(/C=C(/NC(=O)c2ccccc2)C(=O)Nc2cccc(SC(C(=O)Nc3nc4ccccc4s3)c3ccccc3)c2)cc1. The highest BCUT2D eigenvalue weighted by Gasteiger charge is 2.24. The molecule has 1 atom stereocenters. The number of carbonyl (C=O) groups is 3. The van der Waals surface area contributed by atoms with Gasteiger partial charge in [0, 0.05) is 16.1 Å². The number of ether oxygens (including phenoxy) is 1. The molecule has 0 saturated heterocycles. The lowest BCUT2D eigenvalue weighted by atomic mass is 10.1. The van der Waals surface area contributed by atoms with Gasteiger partial charge in [0.15, 0.2) is 5.13 Å². The molecule has 0 spiro atoms. The zero-order chi connectivity index (χ0) is 33.3. The summed E-state index contributed by atoms with van der Waals surface area (Å²) in [5.41, 5.74) is 3.32. The molecule has 0 saturated carbocycles. The van der Waals surface area contributed by atoms with Crippen LogP contribution in [0.1, 0.15) is 26.7 Å². The molecule has 1 aromatic heterocycles. The van der Waals surface area contributed by atoms with E-state index in [9.17, 15) is 14.4 Å². The van der Waals surface area contributed by atoms with Gasteiger partial charge >= 0.3 is 0 Å². The Morgan fingerprint density at radius 3 is 2.23 bits per heavy atom. The van der Waals surface area contributed by atoms with Crippen LogP contribution < -0.4 is 20.7 Å². The highest BCUT2D eigenvalue weighted by atomic mass is 32.2. The third-order valence-electron chi connectivity index (χ3n) is 7.17. The molecule has 48 heavy (non-hydrogen) atoms. The predicted molar refractivity (Wildman–Crippen MR) is 193 cm³/mol. The zero-order valence-electron chi connectivity index (χ0n) is 25.8. The van der Waals surface area contributed by atoms with Crippen molar-refractivity contribution in [1.82, 2.24) is 10.3 Å². The number of methoxy groups -OCH3 is 1. The van der Waals surface area contributed by atoms with E-state index in [1.807, 2.05) is 66.7 Å². The lowest BCUT2D eigenvalue weighted by Crippen LogP contribution is -2.30. The van der Waals surface area contributed by atoms with Gasteiger partial charge in [0.25, 0.3) is 11.8 Å². The molecule has 238 valence electrons. The van der Waals surface area contributed by atoms with E-state index >= 15 is 0 Å². The van der Waals surface area contributed by atoms with E-state index in [0.29, 0.717) is 27.7 Å². The molecular weight excluding hydrogens is 641 g/mol. The van der Waals surface area contributed by atoms with Gasteiger partial charge in [-0.05, 0) is 71.8 Å². The second-order valence-electron chi connectivity index (χ2n) is 10.5. The van der Waals surface area contributed by atoms with E-state index in [1.165, 1.54) is 23.1 Å². The molecule has 1 heterocycles. The molecule has 0 radical (unpaired) electrons. The quantitative estimate of drug-likeness (QED) is 0.0948.